The second kappa shape index (κ2) is 8.67. The Hall–Kier alpha value is -2.97. The van der Waals surface area contributed by atoms with Gasteiger partial charge in [0.05, 0.1) is 24.7 Å². The predicted octanol–water partition coefficient (Wildman–Crippen LogP) is 1.30. The Morgan fingerprint density at radius 1 is 1.12 bits per heavy atom. The highest BCUT2D eigenvalue weighted by molar-refractivity contribution is 5.99. The highest BCUT2D eigenvalue weighted by Gasteiger charge is 2.72. The molecule has 1 N–H and O–H groups in total. The number of likely N-dealkylation sites (tertiary alicyclic amines) is 1. The second-order valence-electron chi connectivity index (χ2n) is 9.75. The van der Waals surface area contributed by atoms with Gasteiger partial charge in [-0.1, -0.05) is 62.4 Å². The van der Waals surface area contributed by atoms with Gasteiger partial charge in [0.2, 0.25) is 11.8 Å². The number of benzene rings is 1. The van der Waals surface area contributed by atoms with Gasteiger partial charge in [0.25, 0.3) is 0 Å². The van der Waals surface area contributed by atoms with Crippen LogP contribution in [0.1, 0.15) is 19.4 Å². The summed E-state index contributed by atoms with van der Waals surface area (Å²) in [7, 11) is 0. The third-order valence-corrected chi connectivity index (χ3v) is 7.47. The summed E-state index contributed by atoms with van der Waals surface area (Å²) in [6, 6.07) is 8.09. The van der Waals surface area contributed by atoms with Crippen molar-refractivity contribution in [2.24, 2.45) is 17.8 Å². The third-order valence-electron chi connectivity index (χ3n) is 7.47. The molecule has 180 valence electrons. The van der Waals surface area contributed by atoms with Crippen LogP contribution in [0.15, 0.2) is 54.6 Å². The molecule has 2 fully saturated rings. The normalized spacial score (nSPS) is 33.4. The molecule has 0 radical (unpaired) electrons. The molecule has 0 saturated carbocycles. The lowest BCUT2D eigenvalue weighted by Crippen LogP contribution is -2.59. The Balaban J connectivity index is 1.61. The fourth-order valence-electron chi connectivity index (χ4n) is 5.88. The maximum Gasteiger partial charge on any atom is 0.313 e. The molecule has 4 heterocycles. The molecule has 1 spiro atoms. The fraction of sp³-hybridized carbons (Fsp3) is 0.500. The Kier molecular flexibility index (Phi) is 5.81. The minimum atomic E-state index is -1.31. The number of fused-ring (bicyclic) bond motifs is 2. The largest absolute Gasteiger partial charge is 0.461 e. The van der Waals surface area contributed by atoms with E-state index in [1.807, 2.05) is 50.3 Å². The molecule has 2 saturated heterocycles. The summed E-state index contributed by atoms with van der Waals surface area (Å²) in [5.41, 5.74) is -0.336. The molecule has 4 aliphatic heterocycles. The van der Waals surface area contributed by atoms with E-state index in [0.717, 1.165) is 5.56 Å². The van der Waals surface area contributed by atoms with E-state index in [9.17, 15) is 19.5 Å². The topological polar surface area (TPSA) is 96.4 Å². The number of esters is 1. The highest BCUT2D eigenvalue weighted by atomic mass is 16.6. The van der Waals surface area contributed by atoms with Crippen molar-refractivity contribution in [1.29, 1.82) is 0 Å². The molecule has 0 aromatic heterocycles. The summed E-state index contributed by atoms with van der Waals surface area (Å²) < 4.78 is 11.8. The van der Waals surface area contributed by atoms with E-state index in [0.29, 0.717) is 13.1 Å². The van der Waals surface area contributed by atoms with E-state index >= 15 is 0 Å². The predicted molar refractivity (Wildman–Crippen MR) is 122 cm³/mol. The average Bonchev–Trinajstić information content (AvgIpc) is 3.12. The summed E-state index contributed by atoms with van der Waals surface area (Å²) in [6.45, 7) is 4.37. The number of carbonyl (C=O) groups is 3. The van der Waals surface area contributed by atoms with Gasteiger partial charge in [-0.3, -0.25) is 14.4 Å². The number of aliphatic hydroxyl groups excluding tert-OH is 1. The van der Waals surface area contributed by atoms with E-state index < -0.39 is 41.6 Å². The van der Waals surface area contributed by atoms with Gasteiger partial charge < -0.3 is 24.4 Å². The van der Waals surface area contributed by atoms with Crippen LogP contribution in [-0.2, 0) is 30.4 Å². The molecular formula is C26H30N2O6. The summed E-state index contributed by atoms with van der Waals surface area (Å²) in [6.07, 6.45) is 6.47. The lowest BCUT2D eigenvalue weighted by molar-refractivity contribution is -0.155. The van der Waals surface area contributed by atoms with Gasteiger partial charge in [-0.15, -0.1) is 0 Å². The van der Waals surface area contributed by atoms with Crippen LogP contribution in [0.3, 0.4) is 0 Å². The molecule has 8 heteroatoms. The van der Waals surface area contributed by atoms with Gasteiger partial charge in [0.15, 0.2) is 0 Å². The second-order valence-corrected chi connectivity index (χ2v) is 9.75. The molecule has 2 unspecified atom stereocenters. The molecular weight excluding hydrogens is 436 g/mol. The maximum atomic E-state index is 14.1. The quantitative estimate of drug-likeness (QED) is 0.519. The monoisotopic (exact) mass is 466 g/mol. The van der Waals surface area contributed by atoms with Gasteiger partial charge in [-0.05, 0) is 17.6 Å². The Morgan fingerprint density at radius 2 is 1.88 bits per heavy atom. The minimum absolute atomic E-state index is 0.107. The van der Waals surface area contributed by atoms with Gasteiger partial charge in [-0.2, -0.15) is 0 Å². The number of rotatable bonds is 5. The van der Waals surface area contributed by atoms with Crippen molar-refractivity contribution in [3.8, 4) is 0 Å². The van der Waals surface area contributed by atoms with Gasteiger partial charge >= 0.3 is 5.97 Å². The first-order valence-electron chi connectivity index (χ1n) is 11.8. The van der Waals surface area contributed by atoms with Crippen LogP contribution in [0, 0.1) is 17.8 Å². The lowest BCUT2D eigenvalue weighted by Gasteiger charge is -2.39. The van der Waals surface area contributed by atoms with Crippen molar-refractivity contribution in [1.82, 2.24) is 9.80 Å². The standard InChI is InChI=1S/C26H30N2O6/c1-16(2)18(15-29)28-22-24(31)27(14-17-8-4-3-5-9-17)12-7-11-26(22)21(23(28)30)20-19(34-26)10-6-13-33-25(20)32/h3-11,16,18-22,29H,12-15H2,1-2H3/t18?,19-,20+,21+,22-,26?/m1/s1. The number of ether oxygens (including phenoxy) is 2. The van der Waals surface area contributed by atoms with Crippen molar-refractivity contribution in [3.63, 3.8) is 0 Å². The zero-order valence-corrected chi connectivity index (χ0v) is 19.4. The minimum Gasteiger partial charge on any atom is -0.461 e. The highest BCUT2D eigenvalue weighted by Crippen LogP contribution is 2.54. The van der Waals surface area contributed by atoms with Gasteiger partial charge in [0.1, 0.15) is 24.2 Å². The molecule has 1 aromatic carbocycles. The van der Waals surface area contributed by atoms with E-state index in [1.165, 1.54) is 4.90 Å². The number of nitrogens with zero attached hydrogens (tertiary/aromatic N) is 2. The van der Waals surface area contributed by atoms with Crippen LogP contribution in [0.5, 0.6) is 0 Å². The van der Waals surface area contributed by atoms with Gasteiger partial charge in [0, 0.05) is 13.1 Å². The summed E-state index contributed by atoms with van der Waals surface area (Å²) in [5, 5.41) is 10.2. The molecule has 8 nitrogen and oxygen atoms in total. The zero-order valence-electron chi connectivity index (χ0n) is 19.4. The zero-order chi connectivity index (χ0) is 24.0. The lowest BCUT2D eigenvalue weighted by atomic mass is 9.78. The van der Waals surface area contributed by atoms with Crippen LogP contribution in [0.4, 0.5) is 0 Å². The van der Waals surface area contributed by atoms with Crippen LogP contribution < -0.4 is 0 Å². The van der Waals surface area contributed by atoms with Crippen LogP contribution in [0.25, 0.3) is 0 Å². The van der Waals surface area contributed by atoms with E-state index in [1.54, 1.807) is 23.1 Å². The summed E-state index contributed by atoms with van der Waals surface area (Å²) in [4.78, 5) is 44.2. The van der Waals surface area contributed by atoms with Crippen molar-refractivity contribution in [3.05, 3.63) is 60.2 Å². The van der Waals surface area contributed by atoms with Crippen LogP contribution in [0.2, 0.25) is 0 Å². The van der Waals surface area contributed by atoms with Gasteiger partial charge in [-0.25, -0.2) is 0 Å². The average molecular weight is 467 g/mol. The van der Waals surface area contributed by atoms with Crippen molar-refractivity contribution < 1.29 is 29.0 Å². The first-order chi connectivity index (χ1) is 16.4. The van der Waals surface area contributed by atoms with E-state index in [4.69, 9.17) is 9.47 Å². The summed E-state index contributed by atoms with van der Waals surface area (Å²) in [5.74, 6) is -2.95. The van der Waals surface area contributed by atoms with Crippen LogP contribution in [-0.4, -0.2) is 76.2 Å². The number of hydrogen-bond acceptors (Lipinski definition) is 6. The molecule has 2 amide bonds. The molecule has 6 atom stereocenters. The third kappa shape index (κ3) is 3.39. The maximum absolute atomic E-state index is 14.1. The first-order valence-corrected chi connectivity index (χ1v) is 11.8. The van der Waals surface area contributed by atoms with E-state index in [2.05, 4.69) is 0 Å². The van der Waals surface area contributed by atoms with Crippen molar-refractivity contribution in [2.45, 2.75) is 44.2 Å². The number of cyclic esters (lactones) is 1. The molecule has 34 heavy (non-hydrogen) atoms. The van der Waals surface area contributed by atoms with Crippen molar-refractivity contribution in [2.75, 3.05) is 19.8 Å². The molecule has 4 aliphatic rings. The Morgan fingerprint density at radius 3 is 2.59 bits per heavy atom. The number of aliphatic hydroxyl groups is 1. The van der Waals surface area contributed by atoms with E-state index in [-0.39, 0.29) is 30.9 Å². The fourth-order valence-corrected chi connectivity index (χ4v) is 5.88. The smallest absolute Gasteiger partial charge is 0.313 e. The first kappa shape index (κ1) is 22.8. The molecule has 1 aromatic rings. The summed E-state index contributed by atoms with van der Waals surface area (Å²) >= 11 is 0. The Labute approximate surface area is 198 Å². The Bertz CT molecular complexity index is 1040. The molecule has 0 aliphatic carbocycles. The molecule has 0 bridgehead atoms. The number of hydrogen-bond donors (Lipinski definition) is 1. The molecule has 5 rings (SSSR count). The number of amides is 2. The van der Waals surface area contributed by atoms with Crippen LogP contribution >= 0.6 is 0 Å². The van der Waals surface area contributed by atoms with Crippen molar-refractivity contribution >= 4 is 17.8 Å². The number of carbonyl (C=O) groups excluding carboxylic acids is 3. The SMILES string of the molecule is CC(C)C(CO)N1C(=O)[C@@H]2[C@H]3C(=O)OCC=C[C@H]3OC23C=CCN(Cc2ccccc2)C(=O)[C@@H]13.